The van der Waals surface area contributed by atoms with Crippen molar-refractivity contribution in [2.45, 2.75) is 38.0 Å². The molecule has 1 atom stereocenters. The number of likely N-dealkylation sites (tertiary alicyclic amines) is 1. The number of amides is 2. The second kappa shape index (κ2) is 10.7. The molecule has 0 saturated carbocycles. The molecule has 1 aliphatic heterocycles. The number of hydrogen-bond acceptors (Lipinski definition) is 5. The molecule has 2 amide bonds. The molecule has 0 spiro atoms. The second-order valence-corrected chi connectivity index (χ2v) is 9.75. The zero-order chi connectivity index (χ0) is 24.0. The number of hydrogen-bond donors (Lipinski definition) is 1. The van der Waals surface area contributed by atoms with E-state index >= 15 is 0 Å². The predicted molar refractivity (Wildman–Crippen MR) is 128 cm³/mol. The van der Waals surface area contributed by atoms with E-state index in [-0.39, 0.29) is 34.9 Å². The molecule has 1 aliphatic rings. The van der Waals surface area contributed by atoms with Gasteiger partial charge in [0.25, 0.3) is 10.0 Å². The Morgan fingerprint density at radius 2 is 1.88 bits per heavy atom. The van der Waals surface area contributed by atoms with Crippen LogP contribution in [0.4, 0.5) is 11.4 Å². The summed E-state index contributed by atoms with van der Waals surface area (Å²) in [5, 5.41) is 2.83. The van der Waals surface area contributed by atoms with Gasteiger partial charge in [0.15, 0.2) is 0 Å². The molecule has 0 bridgehead atoms. The van der Waals surface area contributed by atoms with E-state index in [0.717, 1.165) is 6.42 Å². The van der Waals surface area contributed by atoms with Crippen molar-refractivity contribution in [3.63, 3.8) is 0 Å². The first-order valence-corrected chi connectivity index (χ1v) is 12.6. The number of benzene rings is 2. The number of anilines is 2. The minimum Gasteiger partial charge on any atom is -0.495 e. The lowest BCUT2D eigenvalue weighted by molar-refractivity contribution is -0.134. The topological polar surface area (TPSA) is 96.0 Å². The number of nitrogens with one attached hydrogen (secondary N) is 1. The average molecular weight is 474 g/mol. The fourth-order valence-corrected chi connectivity index (χ4v) is 5.53. The Bertz CT molecular complexity index is 1090. The molecule has 0 aromatic heterocycles. The Labute approximate surface area is 195 Å². The lowest BCUT2D eigenvalue weighted by Crippen LogP contribution is -2.43. The van der Waals surface area contributed by atoms with Crippen molar-refractivity contribution < 1.29 is 22.7 Å². The zero-order valence-electron chi connectivity index (χ0n) is 19.3. The van der Waals surface area contributed by atoms with Gasteiger partial charge >= 0.3 is 0 Å². The largest absolute Gasteiger partial charge is 0.495 e. The quantitative estimate of drug-likeness (QED) is 0.633. The summed E-state index contributed by atoms with van der Waals surface area (Å²) >= 11 is 0. The number of nitrogens with zero attached hydrogens (tertiary/aromatic N) is 2. The van der Waals surface area contributed by atoms with Crippen LogP contribution >= 0.6 is 0 Å². The maximum atomic E-state index is 13.4. The lowest BCUT2D eigenvalue weighted by Gasteiger charge is -2.32. The molecule has 1 saturated heterocycles. The molecule has 2 aromatic carbocycles. The van der Waals surface area contributed by atoms with Crippen LogP contribution in [0.25, 0.3) is 0 Å². The van der Waals surface area contributed by atoms with Crippen LogP contribution in [0.1, 0.15) is 33.1 Å². The van der Waals surface area contributed by atoms with E-state index in [9.17, 15) is 18.0 Å². The molecule has 178 valence electrons. The van der Waals surface area contributed by atoms with Crippen LogP contribution in [-0.4, -0.2) is 51.9 Å². The van der Waals surface area contributed by atoms with Crippen LogP contribution in [0.3, 0.4) is 0 Å². The molecule has 3 rings (SSSR count). The molecule has 0 radical (unpaired) electrons. The molecule has 1 fully saturated rings. The van der Waals surface area contributed by atoms with Crippen LogP contribution in [0, 0.1) is 5.92 Å². The van der Waals surface area contributed by atoms with Crippen molar-refractivity contribution in [1.29, 1.82) is 0 Å². The zero-order valence-corrected chi connectivity index (χ0v) is 20.1. The Hall–Kier alpha value is -3.07. The van der Waals surface area contributed by atoms with Crippen LogP contribution in [0.2, 0.25) is 0 Å². The number of para-hydroxylation sites is 1. The van der Waals surface area contributed by atoms with Crippen LogP contribution in [0.5, 0.6) is 5.75 Å². The maximum absolute atomic E-state index is 13.4. The van der Waals surface area contributed by atoms with E-state index in [2.05, 4.69) is 5.32 Å². The van der Waals surface area contributed by atoms with Crippen molar-refractivity contribution in [1.82, 2.24) is 4.90 Å². The van der Waals surface area contributed by atoms with Crippen molar-refractivity contribution in [3.05, 3.63) is 48.5 Å². The monoisotopic (exact) mass is 473 g/mol. The highest BCUT2D eigenvalue weighted by Gasteiger charge is 2.29. The number of carbonyl (C=O) groups excluding carboxylic acids is 2. The molecule has 9 heteroatoms. The Balaban J connectivity index is 1.86. The molecule has 0 aliphatic carbocycles. The van der Waals surface area contributed by atoms with E-state index in [1.807, 2.05) is 6.07 Å². The van der Waals surface area contributed by atoms with Gasteiger partial charge in [0.1, 0.15) is 5.75 Å². The van der Waals surface area contributed by atoms with E-state index in [1.165, 1.54) is 29.6 Å². The predicted octanol–water partition coefficient (Wildman–Crippen LogP) is 3.50. The first kappa shape index (κ1) is 24.6. The van der Waals surface area contributed by atoms with Crippen molar-refractivity contribution in [3.8, 4) is 5.75 Å². The number of ether oxygens (including phenoxy) is 1. The van der Waals surface area contributed by atoms with Crippen LogP contribution in [-0.2, 0) is 19.6 Å². The molecular formula is C24H31N3O5S. The number of sulfonamides is 1. The van der Waals surface area contributed by atoms with Gasteiger partial charge in [-0.1, -0.05) is 25.1 Å². The fraction of sp³-hybridized carbons (Fsp3) is 0.417. The number of rotatable bonds is 8. The maximum Gasteiger partial charge on any atom is 0.264 e. The Morgan fingerprint density at radius 3 is 2.52 bits per heavy atom. The molecule has 1 heterocycles. The summed E-state index contributed by atoms with van der Waals surface area (Å²) < 4.78 is 33.4. The van der Waals surface area contributed by atoms with Gasteiger partial charge in [0.2, 0.25) is 11.8 Å². The van der Waals surface area contributed by atoms with Crippen LogP contribution < -0.4 is 14.4 Å². The van der Waals surface area contributed by atoms with Crippen LogP contribution in [0.15, 0.2) is 53.4 Å². The Kier molecular flexibility index (Phi) is 7.97. The van der Waals surface area contributed by atoms with Gasteiger partial charge in [-0.3, -0.25) is 13.9 Å². The SMILES string of the molecule is CCC(=O)N1CCCC(C(=O)Nc2cc(S(=O)(=O)N(CC)c3ccccc3)ccc2OC)C1. The highest BCUT2D eigenvalue weighted by atomic mass is 32.2. The summed E-state index contributed by atoms with van der Waals surface area (Å²) in [6.07, 6.45) is 1.81. The minimum atomic E-state index is -3.86. The molecular weight excluding hydrogens is 442 g/mol. The summed E-state index contributed by atoms with van der Waals surface area (Å²) in [6.45, 7) is 4.83. The van der Waals surface area contributed by atoms with Gasteiger partial charge in [0.05, 0.1) is 29.3 Å². The molecule has 1 N–H and O–H groups in total. The summed E-state index contributed by atoms with van der Waals surface area (Å²) in [6, 6.07) is 13.3. The van der Waals surface area contributed by atoms with E-state index in [1.54, 1.807) is 43.0 Å². The van der Waals surface area contributed by atoms with Gasteiger partial charge < -0.3 is 15.0 Å². The molecule has 33 heavy (non-hydrogen) atoms. The fourth-order valence-electron chi connectivity index (χ4n) is 4.03. The van der Waals surface area contributed by atoms with E-state index in [0.29, 0.717) is 37.4 Å². The second-order valence-electron chi connectivity index (χ2n) is 7.89. The Morgan fingerprint density at radius 1 is 1.15 bits per heavy atom. The first-order valence-electron chi connectivity index (χ1n) is 11.2. The third-order valence-corrected chi connectivity index (χ3v) is 7.69. The van der Waals surface area contributed by atoms with Gasteiger partial charge in [-0.2, -0.15) is 0 Å². The average Bonchev–Trinajstić information content (AvgIpc) is 2.84. The highest BCUT2D eigenvalue weighted by molar-refractivity contribution is 7.92. The number of methoxy groups -OCH3 is 1. The third kappa shape index (κ3) is 5.47. The van der Waals surface area contributed by atoms with E-state index < -0.39 is 10.0 Å². The van der Waals surface area contributed by atoms with Gasteiger partial charge in [0, 0.05) is 26.1 Å². The minimum absolute atomic E-state index is 0.0266. The number of piperidine rings is 1. The summed E-state index contributed by atoms with van der Waals surface area (Å²) in [5.74, 6) is -0.233. The van der Waals surface area contributed by atoms with E-state index in [4.69, 9.17) is 4.74 Å². The normalized spacial score (nSPS) is 16.2. The summed E-state index contributed by atoms with van der Waals surface area (Å²) in [4.78, 5) is 26.8. The van der Waals surface area contributed by atoms with Gasteiger partial charge in [-0.25, -0.2) is 8.42 Å². The van der Waals surface area contributed by atoms with Crippen molar-refractivity contribution in [2.24, 2.45) is 5.92 Å². The van der Waals surface area contributed by atoms with Crippen molar-refractivity contribution >= 4 is 33.2 Å². The molecule has 2 aromatic rings. The van der Waals surface area contributed by atoms with Gasteiger partial charge in [-0.05, 0) is 50.1 Å². The summed E-state index contributed by atoms with van der Waals surface area (Å²) in [7, 11) is -2.40. The standard InChI is InChI=1S/C24H31N3O5S/c1-4-23(28)26-15-9-10-18(17-26)24(29)25-21-16-20(13-14-22(21)32-3)33(30,31)27(5-2)19-11-7-6-8-12-19/h6-8,11-14,16,18H,4-5,9-10,15,17H2,1-3H3,(H,25,29). The molecule has 1 unspecified atom stereocenters. The number of carbonyl (C=O) groups is 2. The first-order chi connectivity index (χ1) is 15.8. The lowest BCUT2D eigenvalue weighted by atomic mass is 9.96. The van der Waals surface area contributed by atoms with Gasteiger partial charge in [-0.15, -0.1) is 0 Å². The third-order valence-electron chi connectivity index (χ3n) is 5.80. The summed E-state index contributed by atoms with van der Waals surface area (Å²) in [5.41, 5.74) is 0.843. The molecule has 8 nitrogen and oxygen atoms in total. The smallest absolute Gasteiger partial charge is 0.264 e. The van der Waals surface area contributed by atoms with Crippen molar-refractivity contribution in [2.75, 3.05) is 36.4 Å². The highest BCUT2D eigenvalue weighted by Crippen LogP contribution is 2.31.